The van der Waals surface area contributed by atoms with Crippen LogP contribution in [0.4, 0.5) is 13.2 Å². The Morgan fingerprint density at radius 2 is 2.24 bits per heavy atom. The van der Waals surface area contributed by atoms with E-state index in [1.165, 1.54) is 4.68 Å². The fourth-order valence-corrected chi connectivity index (χ4v) is 1.34. The molecule has 1 aromatic heterocycles. The van der Waals surface area contributed by atoms with Crippen LogP contribution in [-0.2, 0) is 17.7 Å². The minimum Gasteiger partial charge on any atom is -0.327 e. The zero-order chi connectivity index (χ0) is 12.9. The van der Waals surface area contributed by atoms with Crippen molar-refractivity contribution in [3.63, 3.8) is 0 Å². The molecule has 1 rings (SSSR count). The molecule has 0 amide bonds. The average Bonchev–Trinajstić information content (AvgIpc) is 2.63. The molecule has 1 atom stereocenters. The van der Waals surface area contributed by atoms with Gasteiger partial charge in [-0.05, 0) is 18.4 Å². The van der Waals surface area contributed by atoms with E-state index in [1.807, 2.05) is 6.92 Å². The summed E-state index contributed by atoms with van der Waals surface area (Å²) >= 11 is 0. The summed E-state index contributed by atoms with van der Waals surface area (Å²) < 4.78 is 40.2. The molecule has 0 aliphatic rings. The van der Waals surface area contributed by atoms with Crippen molar-refractivity contribution in [3.05, 3.63) is 18.0 Å². The molecule has 0 aromatic carbocycles. The van der Waals surface area contributed by atoms with Gasteiger partial charge in [-0.1, -0.05) is 6.92 Å². The highest BCUT2D eigenvalue weighted by Crippen LogP contribution is 2.15. The third-order valence-electron chi connectivity index (χ3n) is 2.30. The van der Waals surface area contributed by atoms with Crippen LogP contribution in [-0.4, -0.2) is 28.8 Å². The van der Waals surface area contributed by atoms with Crippen molar-refractivity contribution in [2.24, 2.45) is 5.73 Å². The highest BCUT2D eigenvalue weighted by Gasteiger charge is 2.28. The Kier molecular flexibility index (Phi) is 4.95. The number of nitrogens with zero attached hydrogens (tertiary/aromatic N) is 2. The van der Waals surface area contributed by atoms with Gasteiger partial charge >= 0.3 is 6.36 Å². The predicted octanol–water partition coefficient (Wildman–Crippen LogP) is 1.70. The van der Waals surface area contributed by atoms with Gasteiger partial charge in [0.25, 0.3) is 0 Å². The number of halogens is 3. The second kappa shape index (κ2) is 6.02. The highest BCUT2D eigenvalue weighted by atomic mass is 19.4. The molecule has 2 N–H and O–H groups in total. The maximum absolute atomic E-state index is 11.7. The SMILES string of the molecule is CCC(N)Cc1cnn(CCOC(F)(F)F)c1. The number of nitrogens with two attached hydrogens (primary N) is 1. The molecule has 0 saturated carbocycles. The first kappa shape index (κ1) is 14.0. The molecule has 4 nitrogen and oxygen atoms in total. The number of aromatic nitrogens is 2. The smallest absolute Gasteiger partial charge is 0.327 e. The molecule has 1 heterocycles. The molecule has 1 unspecified atom stereocenters. The number of hydrogen-bond acceptors (Lipinski definition) is 3. The minimum absolute atomic E-state index is 0.0547. The monoisotopic (exact) mass is 251 g/mol. The Bertz CT molecular complexity index is 338. The number of hydrogen-bond donors (Lipinski definition) is 1. The topological polar surface area (TPSA) is 53.1 Å². The molecule has 0 spiro atoms. The summed E-state index contributed by atoms with van der Waals surface area (Å²) in [5, 5.41) is 3.94. The molecular weight excluding hydrogens is 235 g/mol. The Morgan fingerprint density at radius 3 is 2.82 bits per heavy atom. The third-order valence-corrected chi connectivity index (χ3v) is 2.30. The van der Waals surface area contributed by atoms with Gasteiger partial charge in [0.1, 0.15) is 0 Å². The summed E-state index contributed by atoms with van der Waals surface area (Å²) in [6.07, 6.45) is 0.248. The van der Waals surface area contributed by atoms with E-state index in [2.05, 4.69) is 9.84 Å². The maximum atomic E-state index is 11.7. The normalized spacial score (nSPS) is 13.9. The Balaban J connectivity index is 2.36. The summed E-state index contributed by atoms with van der Waals surface area (Å²) in [5.74, 6) is 0. The van der Waals surface area contributed by atoms with Crippen LogP contribution in [0.25, 0.3) is 0 Å². The Morgan fingerprint density at radius 1 is 1.53 bits per heavy atom. The van der Waals surface area contributed by atoms with E-state index in [4.69, 9.17) is 5.73 Å². The number of rotatable bonds is 6. The van der Waals surface area contributed by atoms with Crippen LogP contribution in [0.15, 0.2) is 12.4 Å². The van der Waals surface area contributed by atoms with Gasteiger partial charge in [0.15, 0.2) is 0 Å². The molecule has 0 fully saturated rings. The standard InChI is InChI=1S/C10H16F3N3O/c1-2-9(14)5-8-6-15-16(7-8)3-4-17-10(11,12)13/h6-7,9H,2-5,14H2,1H3. The van der Waals surface area contributed by atoms with E-state index in [9.17, 15) is 13.2 Å². The van der Waals surface area contributed by atoms with E-state index in [1.54, 1.807) is 12.4 Å². The number of alkyl halides is 3. The van der Waals surface area contributed by atoms with Gasteiger partial charge in [-0.2, -0.15) is 5.10 Å². The van der Waals surface area contributed by atoms with Crippen LogP contribution in [0.3, 0.4) is 0 Å². The average molecular weight is 251 g/mol. The zero-order valence-corrected chi connectivity index (χ0v) is 9.57. The van der Waals surface area contributed by atoms with E-state index >= 15 is 0 Å². The summed E-state index contributed by atoms with van der Waals surface area (Å²) in [5.41, 5.74) is 6.68. The van der Waals surface area contributed by atoms with E-state index in [-0.39, 0.29) is 12.6 Å². The molecule has 7 heteroatoms. The van der Waals surface area contributed by atoms with Crippen LogP contribution in [0.1, 0.15) is 18.9 Å². The van der Waals surface area contributed by atoms with Gasteiger partial charge in [-0.25, -0.2) is 0 Å². The quantitative estimate of drug-likeness (QED) is 0.837. The van der Waals surface area contributed by atoms with Gasteiger partial charge in [0, 0.05) is 12.2 Å². The summed E-state index contributed by atoms with van der Waals surface area (Å²) in [6.45, 7) is 1.61. The van der Waals surface area contributed by atoms with Crippen molar-refractivity contribution in [1.82, 2.24) is 9.78 Å². The second-order valence-electron chi connectivity index (χ2n) is 3.78. The van der Waals surface area contributed by atoms with Crippen molar-refractivity contribution in [1.29, 1.82) is 0 Å². The molecule has 1 aromatic rings. The van der Waals surface area contributed by atoms with E-state index in [0.29, 0.717) is 6.42 Å². The third kappa shape index (κ3) is 5.69. The Labute approximate surface area is 97.5 Å². The molecule has 0 radical (unpaired) electrons. The first-order valence-electron chi connectivity index (χ1n) is 5.38. The van der Waals surface area contributed by atoms with Crippen LogP contribution < -0.4 is 5.73 Å². The predicted molar refractivity (Wildman–Crippen MR) is 56.2 cm³/mol. The van der Waals surface area contributed by atoms with Crippen molar-refractivity contribution in [3.8, 4) is 0 Å². The van der Waals surface area contributed by atoms with Crippen LogP contribution in [0.2, 0.25) is 0 Å². The van der Waals surface area contributed by atoms with Crippen LogP contribution in [0, 0.1) is 0 Å². The zero-order valence-electron chi connectivity index (χ0n) is 9.57. The lowest BCUT2D eigenvalue weighted by atomic mass is 10.1. The molecule has 0 aliphatic heterocycles. The summed E-state index contributed by atoms with van der Waals surface area (Å²) in [4.78, 5) is 0. The molecule has 0 saturated heterocycles. The van der Waals surface area contributed by atoms with Gasteiger partial charge in [0.2, 0.25) is 0 Å². The van der Waals surface area contributed by atoms with Gasteiger partial charge < -0.3 is 5.73 Å². The molecule has 0 aliphatic carbocycles. The van der Waals surface area contributed by atoms with Crippen LogP contribution >= 0.6 is 0 Å². The fraction of sp³-hybridized carbons (Fsp3) is 0.700. The van der Waals surface area contributed by atoms with Gasteiger partial charge in [-0.15, -0.1) is 13.2 Å². The lowest BCUT2D eigenvalue weighted by Gasteiger charge is -2.07. The molecule has 98 valence electrons. The first-order valence-corrected chi connectivity index (χ1v) is 5.38. The van der Waals surface area contributed by atoms with Crippen molar-refractivity contribution < 1.29 is 17.9 Å². The van der Waals surface area contributed by atoms with E-state index < -0.39 is 13.0 Å². The van der Waals surface area contributed by atoms with Crippen molar-refractivity contribution >= 4 is 0 Å². The first-order chi connectivity index (χ1) is 7.90. The lowest BCUT2D eigenvalue weighted by Crippen LogP contribution is -2.21. The minimum atomic E-state index is -4.58. The summed E-state index contributed by atoms with van der Waals surface area (Å²) in [6, 6.07) is 0.0547. The second-order valence-corrected chi connectivity index (χ2v) is 3.78. The van der Waals surface area contributed by atoms with Gasteiger partial charge in [-0.3, -0.25) is 9.42 Å². The van der Waals surface area contributed by atoms with Gasteiger partial charge in [0.05, 0.1) is 19.3 Å². The van der Waals surface area contributed by atoms with Crippen molar-refractivity contribution in [2.45, 2.75) is 38.7 Å². The largest absolute Gasteiger partial charge is 0.522 e. The molecular formula is C10H16F3N3O. The summed E-state index contributed by atoms with van der Waals surface area (Å²) in [7, 11) is 0. The van der Waals surface area contributed by atoms with Crippen molar-refractivity contribution in [2.75, 3.05) is 6.61 Å². The number of ether oxygens (including phenoxy) is 1. The van der Waals surface area contributed by atoms with Crippen LogP contribution in [0.5, 0.6) is 0 Å². The maximum Gasteiger partial charge on any atom is 0.522 e. The molecule has 17 heavy (non-hydrogen) atoms. The highest BCUT2D eigenvalue weighted by molar-refractivity contribution is 5.05. The van der Waals surface area contributed by atoms with E-state index in [0.717, 1.165) is 12.0 Å². The fourth-order valence-electron chi connectivity index (χ4n) is 1.34. The molecule has 0 bridgehead atoms. The lowest BCUT2D eigenvalue weighted by molar-refractivity contribution is -0.325. The Hall–Kier alpha value is -1.08.